The van der Waals surface area contributed by atoms with Crippen molar-refractivity contribution in [3.8, 4) is 0 Å². The van der Waals surface area contributed by atoms with Crippen LogP contribution in [-0.4, -0.2) is 10.9 Å². The van der Waals surface area contributed by atoms with Gasteiger partial charge in [0.1, 0.15) is 0 Å². The molecule has 0 saturated carbocycles. The van der Waals surface area contributed by atoms with Crippen molar-refractivity contribution in [2.45, 2.75) is 6.92 Å². The van der Waals surface area contributed by atoms with Gasteiger partial charge in [-0.05, 0) is 28.9 Å². The number of hydrogen-bond acceptors (Lipinski definition) is 4. The van der Waals surface area contributed by atoms with Gasteiger partial charge in [0, 0.05) is 10.8 Å². The fraction of sp³-hybridized carbons (Fsp3) is 0.111. The normalized spacial score (nSPS) is 10.3. The maximum absolute atomic E-state index is 11.7. The molecule has 0 fully saturated rings. The second-order valence-corrected chi connectivity index (χ2v) is 6.04. The molecule has 0 aliphatic heterocycles. The molecule has 0 atom stereocenters. The van der Waals surface area contributed by atoms with E-state index in [0.717, 1.165) is 9.48 Å². The Morgan fingerprint density at radius 2 is 2.27 bits per heavy atom. The van der Waals surface area contributed by atoms with Crippen LogP contribution in [0.4, 0.5) is 5.13 Å². The molecular formula is C9H7BrN2OS2. The van der Waals surface area contributed by atoms with Gasteiger partial charge >= 0.3 is 0 Å². The summed E-state index contributed by atoms with van der Waals surface area (Å²) in [7, 11) is 0. The number of carbonyl (C=O) groups is 1. The lowest BCUT2D eigenvalue weighted by Gasteiger charge is -1.97. The highest BCUT2D eigenvalue weighted by Gasteiger charge is 2.09. The maximum Gasteiger partial charge on any atom is 0.258 e. The molecule has 2 heterocycles. The number of halogens is 1. The molecule has 6 heteroatoms. The third kappa shape index (κ3) is 2.64. The fourth-order valence-corrected chi connectivity index (χ4v) is 2.83. The first-order chi connectivity index (χ1) is 7.15. The summed E-state index contributed by atoms with van der Waals surface area (Å²) in [4.78, 5) is 15.8. The fourth-order valence-electron chi connectivity index (χ4n) is 1.01. The lowest BCUT2D eigenvalue weighted by atomic mass is 10.3. The Morgan fingerprint density at radius 1 is 1.47 bits per heavy atom. The van der Waals surface area contributed by atoms with Crippen LogP contribution in [0.5, 0.6) is 0 Å². The summed E-state index contributed by atoms with van der Waals surface area (Å²) in [5.74, 6) is -0.119. The Balaban J connectivity index is 2.10. The highest BCUT2D eigenvalue weighted by atomic mass is 79.9. The quantitative estimate of drug-likeness (QED) is 0.922. The molecule has 15 heavy (non-hydrogen) atoms. The van der Waals surface area contributed by atoms with Gasteiger partial charge in [-0.3, -0.25) is 10.1 Å². The molecule has 2 rings (SSSR count). The van der Waals surface area contributed by atoms with Crippen LogP contribution in [-0.2, 0) is 0 Å². The lowest BCUT2D eigenvalue weighted by Crippen LogP contribution is -2.10. The summed E-state index contributed by atoms with van der Waals surface area (Å²) >= 11 is 6.23. The Kier molecular flexibility index (Phi) is 3.18. The molecule has 0 bridgehead atoms. The largest absolute Gasteiger partial charge is 0.298 e. The van der Waals surface area contributed by atoms with Crippen LogP contribution in [0.3, 0.4) is 0 Å². The highest BCUT2D eigenvalue weighted by Crippen LogP contribution is 2.22. The number of nitrogens with zero attached hydrogens (tertiary/aromatic N) is 1. The van der Waals surface area contributed by atoms with Crippen molar-refractivity contribution in [3.05, 3.63) is 31.9 Å². The summed E-state index contributed by atoms with van der Waals surface area (Å²) in [6, 6.07) is 1.79. The number of amides is 1. The van der Waals surface area contributed by atoms with Crippen molar-refractivity contribution in [2.24, 2.45) is 0 Å². The van der Waals surface area contributed by atoms with Gasteiger partial charge < -0.3 is 0 Å². The van der Waals surface area contributed by atoms with Crippen molar-refractivity contribution in [1.82, 2.24) is 4.98 Å². The zero-order valence-corrected chi connectivity index (χ0v) is 11.0. The Hall–Kier alpha value is -0.720. The predicted octanol–water partition coefficient (Wildman–Crippen LogP) is 3.53. The maximum atomic E-state index is 11.7. The van der Waals surface area contributed by atoms with E-state index in [1.54, 1.807) is 11.4 Å². The van der Waals surface area contributed by atoms with Gasteiger partial charge in [-0.1, -0.05) is 0 Å². The van der Waals surface area contributed by atoms with E-state index in [-0.39, 0.29) is 5.91 Å². The molecule has 1 N–H and O–H groups in total. The van der Waals surface area contributed by atoms with Crippen LogP contribution >= 0.6 is 38.6 Å². The topological polar surface area (TPSA) is 42.0 Å². The standard InChI is InChI=1S/C9H7BrN2OS2/c1-5-3-15-9(11-5)12-8(13)6-2-7(10)14-4-6/h2-4H,1H3,(H,11,12,13). The highest BCUT2D eigenvalue weighted by molar-refractivity contribution is 9.11. The molecule has 3 nitrogen and oxygen atoms in total. The average molecular weight is 303 g/mol. The first kappa shape index (κ1) is 10.8. The summed E-state index contributed by atoms with van der Waals surface area (Å²) in [6.07, 6.45) is 0. The molecule has 0 radical (unpaired) electrons. The number of aromatic nitrogens is 1. The van der Waals surface area contributed by atoms with E-state index >= 15 is 0 Å². The average Bonchev–Trinajstić information content (AvgIpc) is 2.75. The van der Waals surface area contributed by atoms with Crippen LogP contribution < -0.4 is 5.32 Å². The van der Waals surface area contributed by atoms with Crippen LogP contribution in [0, 0.1) is 6.92 Å². The summed E-state index contributed by atoms with van der Waals surface area (Å²) < 4.78 is 0.947. The van der Waals surface area contributed by atoms with Crippen molar-refractivity contribution in [3.63, 3.8) is 0 Å². The monoisotopic (exact) mass is 302 g/mol. The first-order valence-electron chi connectivity index (χ1n) is 4.12. The molecule has 1 amide bonds. The van der Waals surface area contributed by atoms with Gasteiger partial charge in [-0.15, -0.1) is 22.7 Å². The lowest BCUT2D eigenvalue weighted by molar-refractivity contribution is 0.102. The number of aryl methyl sites for hydroxylation is 1. The molecule has 78 valence electrons. The number of rotatable bonds is 2. The number of thiazole rings is 1. The zero-order chi connectivity index (χ0) is 10.8. The second kappa shape index (κ2) is 4.42. The Bertz CT molecular complexity index is 492. The smallest absolute Gasteiger partial charge is 0.258 e. The molecular weight excluding hydrogens is 296 g/mol. The Morgan fingerprint density at radius 3 is 2.80 bits per heavy atom. The van der Waals surface area contributed by atoms with Gasteiger partial charge in [-0.2, -0.15) is 0 Å². The minimum Gasteiger partial charge on any atom is -0.298 e. The molecule has 0 aromatic carbocycles. The molecule has 2 aromatic rings. The molecule has 2 aromatic heterocycles. The van der Waals surface area contributed by atoms with E-state index in [1.165, 1.54) is 22.7 Å². The van der Waals surface area contributed by atoms with E-state index in [0.29, 0.717) is 10.7 Å². The van der Waals surface area contributed by atoms with Crippen molar-refractivity contribution >= 4 is 49.6 Å². The van der Waals surface area contributed by atoms with E-state index < -0.39 is 0 Å². The number of anilines is 1. The molecule has 0 aliphatic rings. The van der Waals surface area contributed by atoms with Crippen molar-refractivity contribution in [1.29, 1.82) is 0 Å². The zero-order valence-electron chi connectivity index (χ0n) is 7.78. The molecule has 0 saturated heterocycles. The number of thiophene rings is 1. The second-order valence-electron chi connectivity index (χ2n) is 2.89. The van der Waals surface area contributed by atoms with Crippen molar-refractivity contribution in [2.75, 3.05) is 5.32 Å². The minimum absolute atomic E-state index is 0.119. The summed E-state index contributed by atoms with van der Waals surface area (Å²) in [5, 5.41) is 7.09. The first-order valence-corrected chi connectivity index (χ1v) is 6.68. The predicted molar refractivity (Wildman–Crippen MR) is 66.8 cm³/mol. The van der Waals surface area contributed by atoms with Gasteiger partial charge in [0.05, 0.1) is 15.0 Å². The van der Waals surface area contributed by atoms with Gasteiger partial charge in [-0.25, -0.2) is 4.98 Å². The van der Waals surface area contributed by atoms with Gasteiger partial charge in [0.25, 0.3) is 5.91 Å². The van der Waals surface area contributed by atoms with Crippen LogP contribution in [0.1, 0.15) is 16.1 Å². The van der Waals surface area contributed by atoms with E-state index in [1.807, 2.05) is 12.3 Å². The van der Waals surface area contributed by atoms with E-state index in [9.17, 15) is 4.79 Å². The van der Waals surface area contributed by atoms with E-state index in [4.69, 9.17) is 0 Å². The van der Waals surface area contributed by atoms with Crippen LogP contribution in [0.25, 0.3) is 0 Å². The third-order valence-corrected chi connectivity index (χ3v) is 4.05. The molecule has 0 unspecified atom stereocenters. The minimum atomic E-state index is -0.119. The van der Waals surface area contributed by atoms with Crippen LogP contribution in [0.2, 0.25) is 0 Å². The number of nitrogens with one attached hydrogen (secondary N) is 1. The number of hydrogen-bond donors (Lipinski definition) is 1. The van der Waals surface area contributed by atoms with E-state index in [2.05, 4.69) is 26.2 Å². The summed E-state index contributed by atoms with van der Waals surface area (Å²) in [6.45, 7) is 1.90. The molecule has 0 spiro atoms. The van der Waals surface area contributed by atoms with Crippen LogP contribution in [0.15, 0.2) is 20.6 Å². The number of carbonyl (C=O) groups excluding carboxylic acids is 1. The third-order valence-electron chi connectivity index (χ3n) is 1.67. The Labute approximate surface area is 103 Å². The SMILES string of the molecule is Cc1csc(NC(=O)c2csc(Br)c2)n1. The summed E-state index contributed by atoms with van der Waals surface area (Å²) in [5.41, 5.74) is 1.57. The molecule has 0 aliphatic carbocycles. The van der Waals surface area contributed by atoms with Crippen molar-refractivity contribution < 1.29 is 4.79 Å². The van der Waals surface area contributed by atoms with Gasteiger partial charge in [0.15, 0.2) is 5.13 Å². The van der Waals surface area contributed by atoms with Gasteiger partial charge in [0.2, 0.25) is 0 Å².